The molecule has 0 spiro atoms. The van der Waals surface area contributed by atoms with Gasteiger partial charge in [-0.15, -0.1) is 0 Å². The van der Waals surface area contributed by atoms with E-state index in [9.17, 15) is 8.42 Å². The molecule has 0 amide bonds. The van der Waals surface area contributed by atoms with Crippen LogP contribution in [0.2, 0.25) is 0 Å². The standard InChI is InChI=1S/C14H21BrN2O2S/c1-14(2)7-3-4-10(9-14)17-20(18,19)11-5-6-13(16)12(15)8-11/h5-6,8,10,17H,3-4,7,9,16H2,1-2H3. The Morgan fingerprint density at radius 2 is 2.10 bits per heavy atom. The zero-order valence-electron chi connectivity index (χ0n) is 11.8. The number of nitrogens with one attached hydrogen (secondary N) is 1. The average Bonchev–Trinajstić information content (AvgIpc) is 2.30. The van der Waals surface area contributed by atoms with Crippen molar-refractivity contribution >= 4 is 31.6 Å². The molecule has 1 unspecified atom stereocenters. The number of halogens is 1. The molecular weight excluding hydrogens is 340 g/mol. The molecule has 1 aromatic carbocycles. The molecule has 6 heteroatoms. The molecule has 2 rings (SSSR count). The highest BCUT2D eigenvalue weighted by Crippen LogP contribution is 2.35. The third-order valence-electron chi connectivity index (χ3n) is 3.81. The van der Waals surface area contributed by atoms with Crippen LogP contribution in [0, 0.1) is 5.41 Å². The Hall–Kier alpha value is -0.590. The molecule has 0 aliphatic heterocycles. The van der Waals surface area contributed by atoms with Crippen LogP contribution in [0.25, 0.3) is 0 Å². The van der Waals surface area contributed by atoms with E-state index in [1.54, 1.807) is 12.1 Å². The van der Waals surface area contributed by atoms with Crippen LogP contribution in [0.1, 0.15) is 39.5 Å². The Morgan fingerprint density at radius 3 is 2.70 bits per heavy atom. The first-order valence-corrected chi connectivity index (χ1v) is 9.05. The first-order valence-electron chi connectivity index (χ1n) is 6.77. The molecule has 1 atom stereocenters. The number of anilines is 1. The molecule has 0 radical (unpaired) electrons. The van der Waals surface area contributed by atoms with Crippen LogP contribution in [0.15, 0.2) is 27.6 Å². The van der Waals surface area contributed by atoms with E-state index >= 15 is 0 Å². The molecule has 20 heavy (non-hydrogen) atoms. The number of nitrogens with two attached hydrogens (primary N) is 1. The fourth-order valence-electron chi connectivity index (χ4n) is 2.76. The predicted octanol–water partition coefficient (Wildman–Crippen LogP) is 3.28. The fraction of sp³-hybridized carbons (Fsp3) is 0.571. The van der Waals surface area contributed by atoms with Gasteiger partial charge in [-0.25, -0.2) is 13.1 Å². The van der Waals surface area contributed by atoms with Crippen molar-refractivity contribution in [1.29, 1.82) is 0 Å². The number of hydrogen-bond acceptors (Lipinski definition) is 3. The Kier molecular flexibility index (Phi) is 4.47. The van der Waals surface area contributed by atoms with Gasteiger partial charge in [-0.05, 0) is 58.8 Å². The van der Waals surface area contributed by atoms with Crippen molar-refractivity contribution in [2.75, 3.05) is 5.73 Å². The van der Waals surface area contributed by atoms with Gasteiger partial charge in [0.1, 0.15) is 0 Å². The van der Waals surface area contributed by atoms with E-state index in [4.69, 9.17) is 5.73 Å². The lowest BCUT2D eigenvalue weighted by Crippen LogP contribution is -2.40. The van der Waals surface area contributed by atoms with E-state index in [0.29, 0.717) is 10.2 Å². The molecule has 1 aromatic rings. The van der Waals surface area contributed by atoms with E-state index in [1.807, 2.05) is 0 Å². The van der Waals surface area contributed by atoms with Crippen LogP contribution in [0.4, 0.5) is 5.69 Å². The SMILES string of the molecule is CC1(C)CCCC(NS(=O)(=O)c2ccc(N)c(Br)c2)C1. The van der Waals surface area contributed by atoms with Crippen molar-refractivity contribution in [2.45, 2.75) is 50.5 Å². The smallest absolute Gasteiger partial charge is 0.240 e. The highest BCUT2D eigenvalue weighted by atomic mass is 79.9. The summed E-state index contributed by atoms with van der Waals surface area (Å²) in [6, 6.07) is 4.70. The van der Waals surface area contributed by atoms with Gasteiger partial charge in [0.15, 0.2) is 0 Å². The molecule has 0 bridgehead atoms. The largest absolute Gasteiger partial charge is 0.398 e. The van der Waals surface area contributed by atoms with Crippen LogP contribution in [-0.2, 0) is 10.0 Å². The molecule has 1 saturated carbocycles. The predicted molar refractivity (Wildman–Crippen MR) is 84.9 cm³/mol. The van der Waals surface area contributed by atoms with E-state index in [0.717, 1.165) is 25.7 Å². The van der Waals surface area contributed by atoms with Gasteiger partial charge in [0.05, 0.1) is 4.90 Å². The third kappa shape index (κ3) is 3.74. The highest BCUT2D eigenvalue weighted by Gasteiger charge is 2.30. The maximum atomic E-state index is 12.4. The lowest BCUT2D eigenvalue weighted by Gasteiger charge is -2.35. The lowest BCUT2D eigenvalue weighted by molar-refractivity contribution is 0.212. The van der Waals surface area contributed by atoms with Gasteiger partial charge in [0, 0.05) is 16.2 Å². The van der Waals surface area contributed by atoms with Crippen molar-refractivity contribution in [3.05, 3.63) is 22.7 Å². The van der Waals surface area contributed by atoms with Crippen molar-refractivity contribution in [3.63, 3.8) is 0 Å². The second-order valence-corrected chi connectivity index (χ2v) is 8.83. The Balaban J connectivity index is 2.16. The van der Waals surface area contributed by atoms with Gasteiger partial charge in [0.25, 0.3) is 0 Å². The minimum absolute atomic E-state index is 0.0140. The van der Waals surface area contributed by atoms with Gasteiger partial charge in [-0.3, -0.25) is 0 Å². The summed E-state index contributed by atoms with van der Waals surface area (Å²) in [7, 11) is -3.48. The molecule has 1 aliphatic carbocycles. The number of sulfonamides is 1. The summed E-state index contributed by atoms with van der Waals surface area (Å²) >= 11 is 3.26. The van der Waals surface area contributed by atoms with Crippen LogP contribution >= 0.6 is 15.9 Å². The molecule has 0 saturated heterocycles. The summed E-state index contributed by atoms with van der Waals surface area (Å²) in [6.07, 6.45) is 3.99. The van der Waals surface area contributed by atoms with Gasteiger partial charge in [0.2, 0.25) is 10.0 Å². The van der Waals surface area contributed by atoms with E-state index in [-0.39, 0.29) is 16.4 Å². The summed E-state index contributed by atoms with van der Waals surface area (Å²) in [6.45, 7) is 4.38. The molecule has 112 valence electrons. The Labute approximate surface area is 129 Å². The topological polar surface area (TPSA) is 72.2 Å². The molecule has 1 fully saturated rings. The summed E-state index contributed by atoms with van der Waals surface area (Å²) < 4.78 is 28.2. The average molecular weight is 361 g/mol. The van der Waals surface area contributed by atoms with Crippen LogP contribution < -0.4 is 10.5 Å². The van der Waals surface area contributed by atoms with Crippen molar-refractivity contribution in [3.8, 4) is 0 Å². The molecule has 0 heterocycles. The number of rotatable bonds is 3. The number of nitrogen functional groups attached to an aromatic ring is 1. The fourth-order valence-corrected chi connectivity index (χ4v) is 4.59. The van der Waals surface area contributed by atoms with Crippen LogP contribution in [0.3, 0.4) is 0 Å². The monoisotopic (exact) mass is 360 g/mol. The Morgan fingerprint density at radius 1 is 1.40 bits per heavy atom. The summed E-state index contributed by atoms with van der Waals surface area (Å²) in [4.78, 5) is 0.252. The van der Waals surface area contributed by atoms with Crippen molar-refractivity contribution in [1.82, 2.24) is 4.72 Å². The van der Waals surface area contributed by atoms with E-state index in [2.05, 4.69) is 34.5 Å². The zero-order chi connectivity index (χ0) is 15.0. The van der Waals surface area contributed by atoms with Crippen LogP contribution in [0.5, 0.6) is 0 Å². The highest BCUT2D eigenvalue weighted by molar-refractivity contribution is 9.10. The Bertz CT molecular complexity index is 599. The van der Waals surface area contributed by atoms with Crippen molar-refractivity contribution in [2.24, 2.45) is 5.41 Å². The second-order valence-electron chi connectivity index (χ2n) is 6.26. The molecule has 3 N–H and O–H groups in total. The molecular formula is C14H21BrN2O2S. The summed E-state index contributed by atoms with van der Waals surface area (Å²) in [5, 5.41) is 0. The normalized spacial score (nSPS) is 22.6. The zero-order valence-corrected chi connectivity index (χ0v) is 14.2. The number of hydrogen-bond donors (Lipinski definition) is 2. The first kappa shape index (κ1) is 15.8. The van der Waals surface area contributed by atoms with E-state index in [1.165, 1.54) is 6.07 Å². The third-order valence-corrected chi connectivity index (χ3v) is 6.01. The van der Waals surface area contributed by atoms with Gasteiger partial charge < -0.3 is 5.73 Å². The first-order chi connectivity index (χ1) is 9.20. The molecule has 4 nitrogen and oxygen atoms in total. The minimum Gasteiger partial charge on any atom is -0.398 e. The van der Waals surface area contributed by atoms with Crippen LogP contribution in [-0.4, -0.2) is 14.5 Å². The van der Waals surface area contributed by atoms with E-state index < -0.39 is 10.0 Å². The van der Waals surface area contributed by atoms with Gasteiger partial charge in [-0.2, -0.15) is 0 Å². The van der Waals surface area contributed by atoms with Gasteiger partial charge >= 0.3 is 0 Å². The minimum atomic E-state index is -3.48. The quantitative estimate of drug-likeness (QED) is 0.812. The second kappa shape index (κ2) is 5.66. The summed E-state index contributed by atoms with van der Waals surface area (Å²) in [5.74, 6) is 0. The van der Waals surface area contributed by atoms with Crippen molar-refractivity contribution < 1.29 is 8.42 Å². The maximum absolute atomic E-state index is 12.4. The number of benzene rings is 1. The molecule has 0 aromatic heterocycles. The summed E-state index contributed by atoms with van der Waals surface area (Å²) in [5.41, 5.74) is 6.42. The van der Waals surface area contributed by atoms with Gasteiger partial charge in [-0.1, -0.05) is 20.3 Å². The molecule has 1 aliphatic rings. The lowest BCUT2D eigenvalue weighted by atomic mass is 9.75. The maximum Gasteiger partial charge on any atom is 0.240 e.